The quantitative estimate of drug-likeness (QED) is 0.623. The van der Waals surface area contributed by atoms with Crippen LogP contribution in [0.2, 0.25) is 0 Å². The molecule has 140 valence electrons. The zero-order chi connectivity index (χ0) is 19.6. The first-order valence-corrected chi connectivity index (χ1v) is 7.92. The Hall–Kier alpha value is -3.29. The Morgan fingerprint density at radius 2 is 1.70 bits per heavy atom. The summed E-state index contributed by atoms with van der Waals surface area (Å²) in [4.78, 5) is 24.4. The molecule has 8 heteroatoms. The number of amides is 1. The minimum absolute atomic E-state index is 0.0475. The van der Waals surface area contributed by atoms with Crippen LogP contribution in [0.4, 0.5) is 18.9 Å². The number of aliphatic hydroxyl groups excluding tert-OH is 1. The molecule has 2 aromatic rings. The molecule has 1 unspecified atom stereocenters. The summed E-state index contributed by atoms with van der Waals surface area (Å²) in [5.41, 5.74) is -0.724. The number of hydrogen-bond acceptors (Lipinski definition) is 4. The molecular weight excluding hydrogens is 363 g/mol. The maximum Gasteiger partial charge on any atom is 0.416 e. The van der Waals surface area contributed by atoms with E-state index < -0.39 is 41.1 Å². The predicted molar refractivity (Wildman–Crippen MR) is 89.6 cm³/mol. The van der Waals surface area contributed by atoms with Gasteiger partial charge in [-0.2, -0.15) is 13.2 Å². The Bertz CT molecular complexity index is 889. The van der Waals surface area contributed by atoms with E-state index in [1.54, 1.807) is 30.3 Å². The average molecular weight is 377 g/mol. The monoisotopic (exact) mass is 377 g/mol. The second kappa shape index (κ2) is 7.14. The number of carbonyl (C=O) groups excluding carboxylic acids is 2. The smallest absolute Gasteiger partial charge is 0.416 e. The second-order valence-electron chi connectivity index (χ2n) is 5.86. The van der Waals surface area contributed by atoms with Crippen LogP contribution in [0.15, 0.2) is 65.9 Å². The van der Waals surface area contributed by atoms with Gasteiger partial charge in [0, 0.05) is 12.1 Å². The largest absolute Gasteiger partial charge is 0.511 e. The van der Waals surface area contributed by atoms with Crippen LogP contribution in [0.1, 0.15) is 23.7 Å². The fourth-order valence-corrected chi connectivity index (χ4v) is 2.64. The van der Waals surface area contributed by atoms with E-state index in [4.69, 9.17) is 4.74 Å². The third kappa shape index (κ3) is 4.11. The van der Waals surface area contributed by atoms with Crippen LogP contribution < -0.4 is 5.32 Å². The Morgan fingerprint density at radius 3 is 2.26 bits per heavy atom. The molecule has 0 radical (unpaired) electrons. The van der Waals surface area contributed by atoms with Crippen LogP contribution in [-0.2, 0) is 20.5 Å². The molecule has 2 aromatic carbocycles. The first-order chi connectivity index (χ1) is 12.8. The summed E-state index contributed by atoms with van der Waals surface area (Å²) in [7, 11) is 0. The summed E-state index contributed by atoms with van der Waals surface area (Å²) in [6.07, 6.45) is -5.30. The van der Waals surface area contributed by atoms with Crippen molar-refractivity contribution in [3.63, 3.8) is 0 Å². The number of ether oxygens (including phenoxy) is 1. The molecule has 0 saturated heterocycles. The van der Waals surface area contributed by atoms with Crippen molar-refractivity contribution >= 4 is 17.6 Å². The van der Waals surface area contributed by atoms with Crippen molar-refractivity contribution in [3.05, 3.63) is 77.1 Å². The highest BCUT2D eigenvalue weighted by Crippen LogP contribution is 2.32. The van der Waals surface area contributed by atoms with Gasteiger partial charge < -0.3 is 15.2 Å². The SMILES string of the molecule is O=C(Nc1ccc(C(F)(F)F)cc1)C1=C(O)CC(c2ccccc2)OC1=O. The normalized spacial score (nSPS) is 17.4. The van der Waals surface area contributed by atoms with Gasteiger partial charge in [-0.05, 0) is 29.8 Å². The van der Waals surface area contributed by atoms with E-state index in [0.717, 1.165) is 24.3 Å². The number of benzene rings is 2. The van der Waals surface area contributed by atoms with Crippen LogP contribution in [0.25, 0.3) is 0 Å². The van der Waals surface area contributed by atoms with Crippen molar-refractivity contribution in [1.29, 1.82) is 0 Å². The lowest BCUT2D eigenvalue weighted by molar-refractivity contribution is -0.148. The van der Waals surface area contributed by atoms with E-state index in [1.807, 2.05) is 0 Å². The number of nitrogens with one attached hydrogen (secondary N) is 1. The number of carbonyl (C=O) groups is 2. The summed E-state index contributed by atoms with van der Waals surface area (Å²) in [5.74, 6) is -2.40. The number of halogens is 3. The van der Waals surface area contributed by atoms with E-state index in [0.29, 0.717) is 5.56 Å². The van der Waals surface area contributed by atoms with Gasteiger partial charge >= 0.3 is 12.1 Å². The molecule has 0 fully saturated rings. The summed E-state index contributed by atoms with van der Waals surface area (Å²) < 4.78 is 42.9. The number of cyclic esters (lactones) is 1. The highest BCUT2D eigenvalue weighted by atomic mass is 19.4. The van der Waals surface area contributed by atoms with Gasteiger partial charge in [0.1, 0.15) is 11.9 Å². The minimum Gasteiger partial charge on any atom is -0.511 e. The van der Waals surface area contributed by atoms with Gasteiger partial charge in [-0.15, -0.1) is 0 Å². The van der Waals surface area contributed by atoms with E-state index in [9.17, 15) is 27.9 Å². The maximum absolute atomic E-state index is 12.6. The van der Waals surface area contributed by atoms with E-state index >= 15 is 0 Å². The van der Waals surface area contributed by atoms with Crippen LogP contribution in [0, 0.1) is 0 Å². The number of aliphatic hydroxyl groups is 1. The van der Waals surface area contributed by atoms with Gasteiger partial charge in [0.05, 0.1) is 5.56 Å². The Morgan fingerprint density at radius 1 is 1.07 bits per heavy atom. The zero-order valence-electron chi connectivity index (χ0n) is 13.8. The van der Waals surface area contributed by atoms with E-state index in [2.05, 4.69) is 5.32 Å². The molecule has 1 aliphatic heterocycles. The molecule has 0 bridgehead atoms. The minimum atomic E-state index is -4.50. The lowest BCUT2D eigenvalue weighted by atomic mass is 10.00. The van der Waals surface area contributed by atoms with E-state index in [-0.39, 0.29) is 12.1 Å². The number of alkyl halides is 3. The van der Waals surface area contributed by atoms with Crippen molar-refractivity contribution in [3.8, 4) is 0 Å². The van der Waals surface area contributed by atoms with Gasteiger partial charge in [0.15, 0.2) is 5.57 Å². The Kier molecular flexibility index (Phi) is 4.89. The summed E-state index contributed by atoms with van der Waals surface area (Å²) in [6.45, 7) is 0. The van der Waals surface area contributed by atoms with Gasteiger partial charge in [0.2, 0.25) is 0 Å². The molecule has 1 aliphatic rings. The molecule has 27 heavy (non-hydrogen) atoms. The molecule has 1 atom stereocenters. The molecule has 1 amide bonds. The topological polar surface area (TPSA) is 75.6 Å². The molecule has 1 heterocycles. The van der Waals surface area contributed by atoms with Crippen LogP contribution in [0.3, 0.4) is 0 Å². The molecule has 2 N–H and O–H groups in total. The Balaban J connectivity index is 1.75. The number of esters is 1. The lowest BCUT2D eigenvalue weighted by Gasteiger charge is -2.24. The predicted octanol–water partition coefficient (Wildman–Crippen LogP) is 4.14. The standard InChI is InChI=1S/C19H14F3NO4/c20-19(21,22)12-6-8-13(9-7-12)23-17(25)16-14(24)10-15(27-18(16)26)11-4-2-1-3-5-11/h1-9,15,24H,10H2,(H,23,25). The van der Waals surface area contributed by atoms with Crippen molar-refractivity contribution in [2.24, 2.45) is 0 Å². The summed E-state index contributed by atoms with van der Waals surface area (Å²) in [6, 6.07) is 12.4. The first kappa shape index (κ1) is 18.5. The molecule has 0 aromatic heterocycles. The molecule has 0 aliphatic carbocycles. The highest BCUT2D eigenvalue weighted by Gasteiger charge is 2.34. The number of hydrogen-bond donors (Lipinski definition) is 2. The summed E-state index contributed by atoms with van der Waals surface area (Å²) in [5, 5.41) is 12.4. The maximum atomic E-state index is 12.6. The fourth-order valence-electron chi connectivity index (χ4n) is 2.64. The van der Waals surface area contributed by atoms with Gasteiger partial charge in [0.25, 0.3) is 5.91 Å². The van der Waals surface area contributed by atoms with Crippen LogP contribution >= 0.6 is 0 Å². The fraction of sp³-hybridized carbons (Fsp3) is 0.158. The van der Waals surface area contributed by atoms with E-state index in [1.165, 1.54) is 0 Å². The first-order valence-electron chi connectivity index (χ1n) is 7.92. The van der Waals surface area contributed by atoms with Crippen molar-refractivity contribution in [1.82, 2.24) is 0 Å². The van der Waals surface area contributed by atoms with Crippen LogP contribution in [0.5, 0.6) is 0 Å². The molecule has 0 saturated carbocycles. The third-order valence-electron chi connectivity index (χ3n) is 3.99. The third-order valence-corrected chi connectivity index (χ3v) is 3.99. The van der Waals surface area contributed by atoms with Crippen LogP contribution in [-0.4, -0.2) is 17.0 Å². The Labute approximate surface area is 152 Å². The zero-order valence-corrected chi connectivity index (χ0v) is 13.8. The van der Waals surface area contributed by atoms with Gasteiger partial charge in [-0.1, -0.05) is 30.3 Å². The highest BCUT2D eigenvalue weighted by molar-refractivity contribution is 6.21. The van der Waals surface area contributed by atoms with Crippen molar-refractivity contribution < 1.29 is 32.6 Å². The number of anilines is 1. The number of rotatable bonds is 3. The molecule has 3 rings (SSSR count). The van der Waals surface area contributed by atoms with Gasteiger partial charge in [-0.3, -0.25) is 4.79 Å². The molecular formula is C19H14F3NO4. The van der Waals surface area contributed by atoms with Crippen molar-refractivity contribution in [2.75, 3.05) is 5.32 Å². The van der Waals surface area contributed by atoms with Gasteiger partial charge in [-0.25, -0.2) is 4.79 Å². The van der Waals surface area contributed by atoms with Crippen molar-refractivity contribution in [2.45, 2.75) is 18.7 Å². The molecule has 5 nitrogen and oxygen atoms in total. The second-order valence-corrected chi connectivity index (χ2v) is 5.86. The average Bonchev–Trinajstić information content (AvgIpc) is 2.61. The molecule has 0 spiro atoms. The lowest BCUT2D eigenvalue weighted by Crippen LogP contribution is -2.29. The summed E-state index contributed by atoms with van der Waals surface area (Å²) >= 11 is 0.